The van der Waals surface area contributed by atoms with Gasteiger partial charge in [0.15, 0.2) is 5.69 Å². The summed E-state index contributed by atoms with van der Waals surface area (Å²) in [6.45, 7) is 2.75. The molecule has 3 N–H and O–H groups in total. The van der Waals surface area contributed by atoms with Crippen LogP contribution < -0.4 is 20.3 Å². The van der Waals surface area contributed by atoms with Gasteiger partial charge in [-0.15, -0.1) is 0 Å². The van der Waals surface area contributed by atoms with E-state index in [9.17, 15) is 14.4 Å². The molecule has 1 unspecified atom stereocenters. The molecular weight excluding hydrogens is 565 g/mol. The number of para-hydroxylation sites is 1. The Kier molecular flexibility index (Phi) is 9.14. The summed E-state index contributed by atoms with van der Waals surface area (Å²) in [7, 11) is 1.42. The molecule has 0 aliphatic carbocycles. The van der Waals surface area contributed by atoms with Crippen molar-refractivity contribution < 1.29 is 19.1 Å². The largest absolute Gasteiger partial charge is 0.487 e. The molecule has 0 spiro atoms. The van der Waals surface area contributed by atoms with Gasteiger partial charge in [0.1, 0.15) is 29.7 Å². The molecule has 0 radical (unpaired) electrons. The van der Waals surface area contributed by atoms with Crippen LogP contribution in [0.5, 0.6) is 5.75 Å². The number of imide groups is 1. The zero-order chi connectivity index (χ0) is 29.7. The van der Waals surface area contributed by atoms with Crippen LogP contribution in [0.15, 0.2) is 66.7 Å². The number of nitrogens with zero attached hydrogens (tertiary/aromatic N) is 3. The van der Waals surface area contributed by atoms with Crippen molar-refractivity contribution in [3.63, 3.8) is 0 Å². The van der Waals surface area contributed by atoms with Gasteiger partial charge in [-0.2, -0.15) is 4.48 Å². The van der Waals surface area contributed by atoms with E-state index in [2.05, 4.69) is 15.3 Å². The Hall–Kier alpha value is -4.15. The molecule has 2 aromatic carbocycles. The lowest BCUT2D eigenvalue weighted by Gasteiger charge is -2.28. The second-order valence-corrected chi connectivity index (χ2v) is 10.1. The predicted molar refractivity (Wildman–Crippen MR) is 162 cm³/mol. The molecule has 0 aliphatic rings. The second-order valence-electron chi connectivity index (χ2n) is 9.32. The molecule has 4 aromatic rings. The van der Waals surface area contributed by atoms with Crippen molar-refractivity contribution in [2.75, 3.05) is 18.9 Å². The molecular formula is C30H28Cl2N5O4+. The van der Waals surface area contributed by atoms with Gasteiger partial charge < -0.3 is 15.8 Å². The molecule has 2 heterocycles. The number of aryl methyl sites for hydroxylation is 1. The van der Waals surface area contributed by atoms with Gasteiger partial charge in [0.25, 0.3) is 0 Å². The Morgan fingerprint density at radius 3 is 2.54 bits per heavy atom. The number of benzene rings is 2. The van der Waals surface area contributed by atoms with Crippen molar-refractivity contribution >= 4 is 69.4 Å². The van der Waals surface area contributed by atoms with Crippen molar-refractivity contribution in [2.24, 2.45) is 5.73 Å². The van der Waals surface area contributed by atoms with E-state index in [1.807, 2.05) is 37.3 Å². The minimum atomic E-state index is -0.849. The Morgan fingerprint density at radius 1 is 1.05 bits per heavy atom. The molecule has 2 aromatic heterocycles. The maximum absolute atomic E-state index is 13.6. The van der Waals surface area contributed by atoms with Crippen molar-refractivity contribution in [3.05, 3.63) is 93.7 Å². The van der Waals surface area contributed by atoms with Crippen LogP contribution >= 0.6 is 23.2 Å². The first-order valence-electron chi connectivity index (χ1n) is 12.6. The van der Waals surface area contributed by atoms with Crippen LogP contribution in [0.1, 0.15) is 23.9 Å². The first-order valence-corrected chi connectivity index (χ1v) is 13.3. The van der Waals surface area contributed by atoms with Crippen LogP contribution in [0.2, 0.25) is 10.0 Å². The lowest BCUT2D eigenvalue weighted by Crippen LogP contribution is -2.57. The van der Waals surface area contributed by atoms with E-state index >= 15 is 0 Å². The Morgan fingerprint density at radius 2 is 1.80 bits per heavy atom. The summed E-state index contributed by atoms with van der Waals surface area (Å²) in [5.41, 5.74) is 8.23. The molecule has 0 saturated carbocycles. The molecule has 3 amide bonds. The van der Waals surface area contributed by atoms with Crippen LogP contribution in [0, 0.1) is 6.92 Å². The number of amides is 3. The standard InChI is InChI=1S/C30H27Cl2N5O4/c1-18-26(15-20-7-4-5-9-24(20)34-18)41-17-22-23(31)12-13-25(30(22)32)37(3,29(40)16-33)28(39)14-11-21-8-6-10-27(36-21)35-19(2)38/h4-15H,16-17,33H2,1-3H3/p+1. The average molecular weight is 593 g/mol. The molecule has 0 aliphatic heterocycles. The number of nitrogens with one attached hydrogen (secondary N) is 1. The number of carbonyl (C=O) groups is 3. The third-order valence-electron chi connectivity index (χ3n) is 6.47. The number of anilines is 1. The molecule has 41 heavy (non-hydrogen) atoms. The van der Waals surface area contributed by atoms with E-state index in [1.165, 1.54) is 32.2 Å². The Labute approximate surface area is 247 Å². The van der Waals surface area contributed by atoms with Crippen LogP contribution in [-0.2, 0) is 21.0 Å². The summed E-state index contributed by atoms with van der Waals surface area (Å²) in [5, 5.41) is 3.89. The first-order chi connectivity index (χ1) is 19.5. The van der Waals surface area contributed by atoms with E-state index in [-0.39, 0.29) is 23.2 Å². The van der Waals surface area contributed by atoms with Crippen LogP contribution in [0.25, 0.3) is 17.0 Å². The van der Waals surface area contributed by atoms with E-state index < -0.39 is 22.8 Å². The van der Waals surface area contributed by atoms with Gasteiger partial charge in [0, 0.05) is 35.0 Å². The molecule has 0 bridgehead atoms. The number of likely N-dealkylation sites (N-methyl/N-ethyl adjacent to an activating group) is 1. The fraction of sp³-hybridized carbons (Fsp3) is 0.167. The Balaban J connectivity index is 1.66. The van der Waals surface area contributed by atoms with Gasteiger partial charge >= 0.3 is 11.8 Å². The number of pyridine rings is 2. The van der Waals surface area contributed by atoms with E-state index in [0.717, 1.165) is 10.9 Å². The molecule has 4 rings (SSSR count). The minimum Gasteiger partial charge on any atom is -0.487 e. The lowest BCUT2D eigenvalue weighted by atomic mass is 10.1. The summed E-state index contributed by atoms with van der Waals surface area (Å²) < 4.78 is 5.22. The van der Waals surface area contributed by atoms with Crippen LogP contribution in [-0.4, -0.2) is 41.3 Å². The molecule has 0 fully saturated rings. The van der Waals surface area contributed by atoms with E-state index in [0.29, 0.717) is 33.5 Å². The van der Waals surface area contributed by atoms with Crippen molar-refractivity contribution in [3.8, 4) is 5.75 Å². The topological polar surface area (TPSA) is 124 Å². The van der Waals surface area contributed by atoms with Crippen LogP contribution in [0.3, 0.4) is 0 Å². The van der Waals surface area contributed by atoms with Crippen molar-refractivity contribution in [2.45, 2.75) is 20.5 Å². The van der Waals surface area contributed by atoms with Gasteiger partial charge in [-0.25, -0.2) is 19.6 Å². The van der Waals surface area contributed by atoms with Crippen LogP contribution in [0.4, 0.5) is 11.5 Å². The van der Waals surface area contributed by atoms with E-state index in [4.69, 9.17) is 33.7 Å². The zero-order valence-electron chi connectivity index (χ0n) is 22.7. The zero-order valence-corrected chi connectivity index (χ0v) is 24.2. The molecule has 11 heteroatoms. The van der Waals surface area contributed by atoms with Gasteiger partial charge in [-0.3, -0.25) is 4.79 Å². The number of quaternary nitrogens is 1. The summed E-state index contributed by atoms with van der Waals surface area (Å²) in [6, 6.07) is 17.6. The van der Waals surface area contributed by atoms with Crippen molar-refractivity contribution in [1.82, 2.24) is 14.5 Å². The third-order valence-corrected chi connectivity index (χ3v) is 7.25. The van der Waals surface area contributed by atoms with E-state index in [1.54, 1.807) is 24.3 Å². The maximum atomic E-state index is 13.6. The number of halogens is 2. The van der Waals surface area contributed by atoms with Crippen molar-refractivity contribution in [1.29, 1.82) is 0 Å². The first kappa shape index (κ1) is 29.8. The average Bonchev–Trinajstić information content (AvgIpc) is 2.95. The van der Waals surface area contributed by atoms with Gasteiger partial charge in [-0.1, -0.05) is 47.5 Å². The number of nitrogens with two attached hydrogens (primary N) is 1. The number of hydrogen-bond donors (Lipinski definition) is 2. The van der Waals surface area contributed by atoms with Gasteiger partial charge in [0.2, 0.25) is 5.91 Å². The number of fused-ring (bicyclic) bond motifs is 1. The fourth-order valence-corrected chi connectivity index (χ4v) is 4.86. The number of carbonyl (C=O) groups excluding carboxylic acids is 3. The molecule has 210 valence electrons. The highest BCUT2D eigenvalue weighted by Crippen LogP contribution is 2.38. The monoisotopic (exact) mass is 592 g/mol. The normalized spacial score (nSPS) is 12.7. The smallest absolute Gasteiger partial charge is 0.351 e. The SMILES string of the molecule is CC(=O)Nc1cccc(C=CC(=O)[N+](C)(C(=O)CN)c2ccc(Cl)c(COc3cc4ccccc4nc3C)c2Cl)n1. The Bertz CT molecular complexity index is 1690. The predicted octanol–water partition coefficient (Wildman–Crippen LogP) is 5.44. The summed E-state index contributed by atoms with van der Waals surface area (Å²) >= 11 is 13.3. The fourth-order valence-electron chi connectivity index (χ4n) is 4.21. The van der Waals surface area contributed by atoms with Gasteiger partial charge in [0.05, 0.1) is 24.0 Å². The highest BCUT2D eigenvalue weighted by molar-refractivity contribution is 6.38. The number of ether oxygens (including phenoxy) is 1. The highest BCUT2D eigenvalue weighted by Gasteiger charge is 2.42. The second kappa shape index (κ2) is 12.6. The number of aromatic nitrogens is 2. The summed E-state index contributed by atoms with van der Waals surface area (Å²) in [5.74, 6) is -0.617. The quantitative estimate of drug-likeness (QED) is 0.206. The third kappa shape index (κ3) is 6.44. The van der Waals surface area contributed by atoms with Gasteiger partial charge in [-0.05, 0) is 43.3 Å². The molecule has 1 atom stereocenters. The summed E-state index contributed by atoms with van der Waals surface area (Å²) in [4.78, 5) is 46.9. The molecule has 0 saturated heterocycles. The highest BCUT2D eigenvalue weighted by atomic mass is 35.5. The summed E-state index contributed by atoms with van der Waals surface area (Å²) in [6.07, 6.45) is 2.66. The number of hydrogen-bond acceptors (Lipinski definition) is 7. The minimum absolute atomic E-state index is 0.0346. The maximum Gasteiger partial charge on any atom is 0.351 e. The number of rotatable bonds is 8. The lowest BCUT2D eigenvalue weighted by molar-refractivity contribution is -0.138. The molecule has 9 nitrogen and oxygen atoms in total.